The minimum Gasteiger partial charge on any atom is -0.494 e. The number of benzene rings is 2. The van der Waals surface area contributed by atoms with E-state index in [1.807, 2.05) is 75.4 Å². The summed E-state index contributed by atoms with van der Waals surface area (Å²) in [5.41, 5.74) is 2.18. The Kier molecular flexibility index (Phi) is 9.39. The van der Waals surface area contributed by atoms with Crippen LogP contribution in [0.1, 0.15) is 51.2 Å². The van der Waals surface area contributed by atoms with Crippen molar-refractivity contribution in [3.8, 4) is 5.75 Å². The molecule has 0 fully saturated rings. The molecule has 0 aliphatic heterocycles. The Hall–Kier alpha value is -2.82. The van der Waals surface area contributed by atoms with Gasteiger partial charge in [0.05, 0.1) is 6.61 Å². The molecule has 0 radical (unpaired) electrons. The van der Waals surface area contributed by atoms with Gasteiger partial charge in [-0.3, -0.25) is 9.59 Å². The fourth-order valence-electron chi connectivity index (χ4n) is 3.01. The average Bonchev–Trinajstić information content (AvgIpc) is 2.76. The average molecular weight is 411 g/mol. The largest absolute Gasteiger partial charge is 0.494 e. The number of para-hydroxylation sites is 1. The van der Waals surface area contributed by atoms with Gasteiger partial charge in [0.2, 0.25) is 11.8 Å². The van der Waals surface area contributed by atoms with Gasteiger partial charge in [0, 0.05) is 19.0 Å². The van der Waals surface area contributed by atoms with Crippen LogP contribution < -0.4 is 10.1 Å². The van der Waals surface area contributed by atoms with E-state index in [0.717, 1.165) is 23.3 Å². The van der Waals surface area contributed by atoms with Crippen LogP contribution in [0.15, 0.2) is 54.6 Å². The number of nitrogens with zero attached hydrogens (tertiary/aromatic N) is 1. The molecule has 5 heteroatoms. The van der Waals surface area contributed by atoms with Gasteiger partial charge in [0.15, 0.2) is 0 Å². The second-order valence-electron chi connectivity index (χ2n) is 7.77. The van der Waals surface area contributed by atoms with Crippen molar-refractivity contribution in [2.45, 2.75) is 65.6 Å². The molecule has 2 atom stereocenters. The van der Waals surface area contributed by atoms with E-state index in [2.05, 4.69) is 5.32 Å². The van der Waals surface area contributed by atoms with Gasteiger partial charge < -0.3 is 15.0 Å². The summed E-state index contributed by atoms with van der Waals surface area (Å²) in [5.74, 6) is 0.632. The molecular formula is C25H34N2O3. The summed E-state index contributed by atoms with van der Waals surface area (Å²) in [5, 5.41) is 2.99. The van der Waals surface area contributed by atoms with Crippen LogP contribution in [-0.4, -0.2) is 35.4 Å². The molecule has 0 aliphatic rings. The lowest BCUT2D eigenvalue weighted by Gasteiger charge is -2.30. The van der Waals surface area contributed by atoms with Gasteiger partial charge in [-0.25, -0.2) is 0 Å². The Morgan fingerprint density at radius 2 is 1.70 bits per heavy atom. The Bertz CT molecular complexity index is 790. The van der Waals surface area contributed by atoms with E-state index in [4.69, 9.17) is 4.74 Å². The minimum atomic E-state index is -0.539. The highest BCUT2D eigenvalue weighted by Gasteiger charge is 2.26. The standard InChI is InChI=1S/C25H34N2O3/c1-5-20(3)26-25(29)21(4)27(18-22-15-13-19(2)14-16-22)24(28)12-9-17-30-23-10-7-6-8-11-23/h6-8,10-11,13-16,20-21H,5,9,12,17-18H2,1-4H3,(H,26,29)/t20-,21+/m0/s1. The third-order valence-electron chi connectivity index (χ3n) is 5.19. The molecule has 0 aromatic heterocycles. The first-order chi connectivity index (χ1) is 14.4. The number of ether oxygens (including phenoxy) is 1. The number of hydrogen-bond donors (Lipinski definition) is 1. The molecule has 2 amide bonds. The molecule has 2 aromatic carbocycles. The normalized spacial score (nSPS) is 12.7. The van der Waals surface area contributed by atoms with E-state index in [-0.39, 0.29) is 17.9 Å². The maximum absolute atomic E-state index is 13.0. The number of hydrogen-bond acceptors (Lipinski definition) is 3. The van der Waals surface area contributed by atoms with Gasteiger partial charge in [0.25, 0.3) is 0 Å². The van der Waals surface area contributed by atoms with Crippen molar-refractivity contribution >= 4 is 11.8 Å². The zero-order valence-corrected chi connectivity index (χ0v) is 18.6. The van der Waals surface area contributed by atoms with Crippen molar-refractivity contribution in [2.24, 2.45) is 0 Å². The molecular weight excluding hydrogens is 376 g/mol. The lowest BCUT2D eigenvalue weighted by molar-refractivity contribution is -0.141. The molecule has 1 N–H and O–H groups in total. The van der Waals surface area contributed by atoms with Crippen LogP contribution >= 0.6 is 0 Å². The fourth-order valence-corrected chi connectivity index (χ4v) is 3.01. The summed E-state index contributed by atoms with van der Waals surface area (Å²) >= 11 is 0. The quantitative estimate of drug-likeness (QED) is 0.556. The molecule has 5 nitrogen and oxygen atoms in total. The van der Waals surface area contributed by atoms with Crippen molar-refractivity contribution < 1.29 is 14.3 Å². The SMILES string of the molecule is CC[C@H](C)NC(=O)[C@@H](C)N(Cc1ccc(C)cc1)C(=O)CCCOc1ccccc1. The molecule has 30 heavy (non-hydrogen) atoms. The zero-order chi connectivity index (χ0) is 21.9. The molecule has 0 bridgehead atoms. The number of nitrogens with one attached hydrogen (secondary N) is 1. The molecule has 0 heterocycles. The molecule has 0 unspecified atom stereocenters. The highest BCUT2D eigenvalue weighted by molar-refractivity contribution is 5.87. The topological polar surface area (TPSA) is 58.6 Å². The Labute approximate surface area is 180 Å². The van der Waals surface area contributed by atoms with Crippen LogP contribution in [-0.2, 0) is 16.1 Å². The van der Waals surface area contributed by atoms with Crippen LogP contribution in [0.4, 0.5) is 0 Å². The smallest absolute Gasteiger partial charge is 0.242 e. The molecule has 0 spiro atoms. The number of aryl methyl sites for hydroxylation is 1. The van der Waals surface area contributed by atoms with E-state index in [1.54, 1.807) is 11.8 Å². The molecule has 0 aliphatic carbocycles. The zero-order valence-electron chi connectivity index (χ0n) is 18.6. The van der Waals surface area contributed by atoms with Gasteiger partial charge in [-0.2, -0.15) is 0 Å². The van der Waals surface area contributed by atoms with Crippen LogP contribution in [0.5, 0.6) is 5.75 Å². The molecule has 0 saturated carbocycles. The van der Waals surface area contributed by atoms with Crippen molar-refractivity contribution in [2.75, 3.05) is 6.61 Å². The lowest BCUT2D eigenvalue weighted by Crippen LogP contribution is -2.49. The van der Waals surface area contributed by atoms with E-state index in [0.29, 0.717) is 26.0 Å². The number of carbonyl (C=O) groups excluding carboxylic acids is 2. The van der Waals surface area contributed by atoms with E-state index in [1.165, 1.54) is 0 Å². The summed E-state index contributed by atoms with van der Waals surface area (Å²) in [6.45, 7) is 8.69. The summed E-state index contributed by atoms with van der Waals surface area (Å²) in [4.78, 5) is 27.4. The second-order valence-corrected chi connectivity index (χ2v) is 7.77. The van der Waals surface area contributed by atoms with Gasteiger partial charge in [-0.05, 0) is 51.3 Å². The van der Waals surface area contributed by atoms with Crippen LogP contribution in [0.3, 0.4) is 0 Å². The van der Waals surface area contributed by atoms with Crippen molar-refractivity contribution in [3.63, 3.8) is 0 Å². The fraction of sp³-hybridized carbons (Fsp3) is 0.440. The Morgan fingerprint density at radius 3 is 2.33 bits per heavy atom. The van der Waals surface area contributed by atoms with Crippen LogP contribution in [0.25, 0.3) is 0 Å². The van der Waals surface area contributed by atoms with Crippen molar-refractivity contribution in [1.82, 2.24) is 10.2 Å². The minimum absolute atomic E-state index is 0.0426. The van der Waals surface area contributed by atoms with Gasteiger partial charge in [-0.1, -0.05) is 55.0 Å². The first-order valence-electron chi connectivity index (χ1n) is 10.7. The predicted molar refractivity (Wildman–Crippen MR) is 120 cm³/mol. The third-order valence-corrected chi connectivity index (χ3v) is 5.19. The van der Waals surface area contributed by atoms with Gasteiger partial charge in [-0.15, -0.1) is 0 Å². The van der Waals surface area contributed by atoms with Crippen molar-refractivity contribution in [1.29, 1.82) is 0 Å². The maximum atomic E-state index is 13.0. The summed E-state index contributed by atoms with van der Waals surface area (Å²) < 4.78 is 5.69. The highest BCUT2D eigenvalue weighted by Crippen LogP contribution is 2.14. The second kappa shape index (κ2) is 12.0. The number of amides is 2. The Morgan fingerprint density at radius 1 is 1.03 bits per heavy atom. The molecule has 2 rings (SSSR count). The van der Waals surface area contributed by atoms with Crippen LogP contribution in [0.2, 0.25) is 0 Å². The first-order valence-corrected chi connectivity index (χ1v) is 10.7. The summed E-state index contributed by atoms with van der Waals surface area (Å²) in [6, 6.07) is 17.2. The molecule has 162 valence electrons. The molecule has 2 aromatic rings. The van der Waals surface area contributed by atoms with E-state index in [9.17, 15) is 9.59 Å². The third kappa shape index (κ3) is 7.54. The maximum Gasteiger partial charge on any atom is 0.242 e. The first kappa shape index (κ1) is 23.5. The van der Waals surface area contributed by atoms with Crippen molar-refractivity contribution in [3.05, 3.63) is 65.7 Å². The van der Waals surface area contributed by atoms with Crippen LogP contribution in [0, 0.1) is 6.92 Å². The van der Waals surface area contributed by atoms with Gasteiger partial charge in [0.1, 0.15) is 11.8 Å². The number of carbonyl (C=O) groups is 2. The monoisotopic (exact) mass is 410 g/mol. The summed E-state index contributed by atoms with van der Waals surface area (Å²) in [7, 11) is 0. The Balaban J connectivity index is 2.00. The lowest BCUT2D eigenvalue weighted by atomic mass is 10.1. The van der Waals surface area contributed by atoms with E-state index < -0.39 is 6.04 Å². The number of rotatable bonds is 11. The molecule has 0 saturated heterocycles. The van der Waals surface area contributed by atoms with E-state index >= 15 is 0 Å². The van der Waals surface area contributed by atoms with Gasteiger partial charge >= 0.3 is 0 Å². The summed E-state index contributed by atoms with van der Waals surface area (Å²) in [6.07, 6.45) is 1.78. The predicted octanol–water partition coefficient (Wildman–Crippen LogP) is 4.49. The highest BCUT2D eigenvalue weighted by atomic mass is 16.5.